The first-order chi connectivity index (χ1) is 27.1. The Morgan fingerprint density at radius 3 is 2.17 bits per heavy atom. The van der Waals surface area contributed by atoms with Gasteiger partial charge in [-0.2, -0.15) is 0 Å². The van der Waals surface area contributed by atoms with Crippen LogP contribution in [0.5, 0.6) is 0 Å². The number of hydrogen-bond acceptors (Lipinski definition) is 15. The molecule has 0 aromatic carbocycles. The normalized spacial score (nSPS) is 42.8. The number of likely N-dealkylation sites (N-methyl/N-ethyl adjacent to an activating group) is 1. The largest absolute Gasteiger partial charge is 0.489 e. The predicted molar refractivity (Wildman–Crippen MR) is 212 cm³/mol. The molecule has 0 spiro atoms. The Morgan fingerprint density at radius 2 is 1.57 bits per heavy atom. The zero-order valence-corrected chi connectivity index (χ0v) is 37.4. The third-order valence-electron chi connectivity index (χ3n) is 13.0. The SMILES string of the molecule is CCOC(=O)CCC(=O)O[C@H]1[C@H](O[C@@H]2[C@@H](C)[C@H](O[C@H]3C[C@@](C)(OC)[C@@H](O)[C@@H](C)O3)[C@@H](C)C(=O)O[C@H](CC)[C@H](C)[C@H](O)[C@@H](C)C3=C(C)C[C@@]2(C)O3)O[C@H](C)C[C@H]1N(C)C. The number of aliphatic hydroxyl groups excluding tert-OH is 2. The van der Waals surface area contributed by atoms with Crippen molar-refractivity contribution in [2.75, 3.05) is 27.8 Å². The molecular formula is C43H73NO14. The number of carbonyl (C=O) groups is 3. The van der Waals surface area contributed by atoms with Crippen LogP contribution in [0, 0.1) is 23.7 Å². The summed E-state index contributed by atoms with van der Waals surface area (Å²) in [5.74, 6) is -3.38. The third kappa shape index (κ3) is 10.7. The summed E-state index contributed by atoms with van der Waals surface area (Å²) >= 11 is 0. The standard InChI is InChI=1S/C43H73NO14/c1-15-30-24(5)34(47)25(6)35-22(3)20-43(11,58-35)39(26(7)36(27(8)40(49)54-30)56-33-21-42(10,50-14)38(48)28(9)53-33)57-41-37(29(44(12)13)19-23(4)52-41)55-32(46)18-17-31(45)51-16-2/h23-30,33-34,36-39,41,47-48H,15-21H2,1-14H3/t23-,24+,25-,26+,27-,28-,29-,30-,33+,34+,36+,37-,38+,39-,41+,42-,43-/m1/s1. The zero-order chi connectivity index (χ0) is 43.4. The summed E-state index contributed by atoms with van der Waals surface area (Å²) in [6, 6.07) is -0.322. The van der Waals surface area contributed by atoms with Gasteiger partial charge < -0.3 is 57.7 Å². The van der Waals surface area contributed by atoms with Gasteiger partial charge in [0.1, 0.15) is 29.7 Å². The van der Waals surface area contributed by atoms with Crippen LogP contribution < -0.4 is 0 Å². The lowest BCUT2D eigenvalue weighted by molar-refractivity contribution is -0.317. The quantitative estimate of drug-likeness (QED) is 0.205. The molecule has 0 aromatic heterocycles. The molecule has 15 nitrogen and oxygen atoms in total. The second-order valence-electron chi connectivity index (χ2n) is 17.8. The van der Waals surface area contributed by atoms with Gasteiger partial charge in [0, 0.05) is 37.7 Å². The summed E-state index contributed by atoms with van der Waals surface area (Å²) in [7, 11) is 5.32. The van der Waals surface area contributed by atoms with E-state index in [1.165, 1.54) is 7.11 Å². The first kappa shape index (κ1) is 48.3. The molecule has 0 aliphatic carbocycles. The van der Waals surface area contributed by atoms with Gasteiger partial charge in [0.25, 0.3) is 0 Å². The number of cyclic esters (lactones) is 1. The zero-order valence-electron chi connectivity index (χ0n) is 37.4. The number of esters is 3. The maximum Gasteiger partial charge on any atom is 0.311 e. The molecular weight excluding hydrogens is 754 g/mol. The first-order valence-corrected chi connectivity index (χ1v) is 21.2. The van der Waals surface area contributed by atoms with E-state index in [2.05, 4.69) is 0 Å². The molecule has 3 saturated heterocycles. The van der Waals surface area contributed by atoms with Crippen molar-refractivity contribution in [1.29, 1.82) is 0 Å². The number of methoxy groups -OCH3 is 1. The van der Waals surface area contributed by atoms with E-state index in [0.29, 0.717) is 25.0 Å². The van der Waals surface area contributed by atoms with Crippen LogP contribution in [-0.4, -0.2) is 139 Å². The molecule has 4 rings (SSSR count). The molecule has 334 valence electrons. The maximum atomic E-state index is 14.3. The van der Waals surface area contributed by atoms with E-state index in [1.807, 2.05) is 67.5 Å². The van der Waals surface area contributed by atoms with Crippen LogP contribution in [0.1, 0.15) is 115 Å². The van der Waals surface area contributed by atoms with Crippen LogP contribution in [0.25, 0.3) is 0 Å². The van der Waals surface area contributed by atoms with Gasteiger partial charge in [0.2, 0.25) is 0 Å². The van der Waals surface area contributed by atoms with Crippen molar-refractivity contribution in [3.8, 4) is 0 Å². The van der Waals surface area contributed by atoms with Crippen molar-refractivity contribution in [3.05, 3.63) is 11.3 Å². The first-order valence-electron chi connectivity index (χ1n) is 21.2. The minimum atomic E-state index is -1.11. The van der Waals surface area contributed by atoms with Crippen molar-refractivity contribution in [3.63, 3.8) is 0 Å². The molecule has 2 N–H and O–H groups in total. The van der Waals surface area contributed by atoms with Gasteiger partial charge in [-0.25, -0.2) is 0 Å². The average Bonchev–Trinajstić information content (AvgIpc) is 3.49. The Labute approximate surface area is 345 Å². The molecule has 4 heterocycles. The van der Waals surface area contributed by atoms with Gasteiger partial charge in [-0.3, -0.25) is 14.4 Å². The molecule has 17 atom stereocenters. The maximum absolute atomic E-state index is 14.3. The van der Waals surface area contributed by atoms with Crippen molar-refractivity contribution < 1.29 is 67.2 Å². The number of carbonyl (C=O) groups excluding carboxylic acids is 3. The van der Waals surface area contributed by atoms with E-state index < -0.39 is 108 Å². The Kier molecular flexibility index (Phi) is 16.7. The second kappa shape index (κ2) is 20.0. The number of ether oxygens (including phenoxy) is 9. The number of fused-ring (bicyclic) bond motifs is 2. The highest BCUT2D eigenvalue weighted by Crippen LogP contribution is 2.47. The fourth-order valence-electron chi connectivity index (χ4n) is 9.43. The monoisotopic (exact) mass is 828 g/mol. The molecule has 0 unspecified atom stereocenters. The molecule has 2 bridgehead atoms. The molecule has 0 aromatic rings. The van der Waals surface area contributed by atoms with Crippen molar-refractivity contribution in [2.24, 2.45) is 23.7 Å². The summed E-state index contributed by atoms with van der Waals surface area (Å²) in [4.78, 5) is 41.8. The number of aliphatic hydroxyl groups is 2. The minimum Gasteiger partial charge on any atom is -0.489 e. The van der Waals surface area contributed by atoms with Crippen LogP contribution >= 0.6 is 0 Å². The van der Waals surface area contributed by atoms with Gasteiger partial charge in [0.15, 0.2) is 18.7 Å². The van der Waals surface area contributed by atoms with E-state index in [9.17, 15) is 24.6 Å². The van der Waals surface area contributed by atoms with Crippen LogP contribution in [0.2, 0.25) is 0 Å². The molecule has 3 fully saturated rings. The fraction of sp³-hybridized carbons (Fsp3) is 0.884. The van der Waals surface area contributed by atoms with Gasteiger partial charge in [0.05, 0.1) is 61.4 Å². The highest BCUT2D eigenvalue weighted by Gasteiger charge is 2.55. The smallest absolute Gasteiger partial charge is 0.311 e. The van der Waals surface area contributed by atoms with Crippen LogP contribution in [0.3, 0.4) is 0 Å². The molecule has 0 saturated carbocycles. The van der Waals surface area contributed by atoms with Gasteiger partial charge in [-0.15, -0.1) is 0 Å². The van der Waals surface area contributed by atoms with Crippen molar-refractivity contribution in [1.82, 2.24) is 4.90 Å². The number of nitrogens with zero attached hydrogens (tertiary/aromatic N) is 1. The van der Waals surface area contributed by atoms with E-state index in [-0.39, 0.29) is 38.0 Å². The van der Waals surface area contributed by atoms with Gasteiger partial charge >= 0.3 is 17.9 Å². The minimum absolute atomic E-state index is 0.135. The highest BCUT2D eigenvalue weighted by molar-refractivity contribution is 5.77. The summed E-state index contributed by atoms with van der Waals surface area (Å²) in [6.45, 7) is 20.7. The van der Waals surface area contributed by atoms with E-state index in [0.717, 1.165) is 5.57 Å². The highest BCUT2D eigenvalue weighted by atomic mass is 16.7. The van der Waals surface area contributed by atoms with Crippen LogP contribution in [0.4, 0.5) is 0 Å². The molecule has 4 aliphatic rings. The Bertz CT molecular complexity index is 1440. The second-order valence-corrected chi connectivity index (χ2v) is 17.8. The summed E-state index contributed by atoms with van der Waals surface area (Å²) < 4.78 is 56.9. The lowest BCUT2D eigenvalue weighted by Crippen LogP contribution is -2.61. The lowest BCUT2D eigenvalue weighted by atomic mass is 9.79. The number of rotatable bonds is 12. The molecule has 0 radical (unpaired) electrons. The Hall–Kier alpha value is -2.37. The Balaban J connectivity index is 1.83. The molecule has 58 heavy (non-hydrogen) atoms. The summed E-state index contributed by atoms with van der Waals surface area (Å²) in [5.41, 5.74) is -1.15. The van der Waals surface area contributed by atoms with Crippen LogP contribution in [-0.2, 0) is 57.0 Å². The van der Waals surface area contributed by atoms with Crippen molar-refractivity contribution in [2.45, 2.75) is 193 Å². The summed E-state index contributed by atoms with van der Waals surface area (Å²) in [6.07, 6.45) is -6.83. The fourth-order valence-corrected chi connectivity index (χ4v) is 9.43. The average molecular weight is 828 g/mol. The third-order valence-corrected chi connectivity index (χ3v) is 13.0. The van der Waals surface area contributed by atoms with Crippen LogP contribution in [0.15, 0.2) is 11.3 Å². The summed E-state index contributed by atoms with van der Waals surface area (Å²) in [5, 5.41) is 22.8. The topological polar surface area (TPSA) is 178 Å². The lowest BCUT2D eigenvalue weighted by Gasteiger charge is -2.49. The van der Waals surface area contributed by atoms with E-state index in [4.69, 9.17) is 42.6 Å². The predicted octanol–water partition coefficient (Wildman–Crippen LogP) is 4.67. The van der Waals surface area contributed by atoms with Gasteiger partial charge in [-0.05, 0) is 81.0 Å². The molecule has 4 aliphatic heterocycles. The van der Waals surface area contributed by atoms with Gasteiger partial charge in [-0.1, -0.05) is 27.7 Å². The Morgan fingerprint density at radius 1 is 0.914 bits per heavy atom. The van der Waals surface area contributed by atoms with E-state index in [1.54, 1.807) is 27.7 Å². The molecule has 0 amide bonds. The van der Waals surface area contributed by atoms with E-state index >= 15 is 0 Å². The van der Waals surface area contributed by atoms with Crippen molar-refractivity contribution >= 4 is 17.9 Å². The number of hydrogen-bond donors (Lipinski definition) is 2. The molecule has 15 heteroatoms.